The minimum absolute atomic E-state index is 0.130. The first-order chi connectivity index (χ1) is 12.0. The lowest BCUT2D eigenvalue weighted by atomic mass is 9.94. The van der Waals surface area contributed by atoms with Gasteiger partial charge in [-0.2, -0.15) is 0 Å². The lowest BCUT2D eigenvalue weighted by Gasteiger charge is -2.25. The van der Waals surface area contributed by atoms with Crippen molar-refractivity contribution in [2.45, 2.75) is 67.0 Å². The number of carboxylic acids is 1. The molecule has 26 heavy (non-hydrogen) atoms. The Hall–Kier alpha value is -1.63. The number of nitrogens with one attached hydrogen (secondary N) is 1. The number of carbonyl (C=O) groups excluding carboxylic acids is 2. The molecule has 0 aromatic heterocycles. The fraction of sp³-hybridized carbons (Fsp3) is 0.842. The average molecular weight is 373 g/mol. The molecule has 7 heteroatoms. The summed E-state index contributed by atoms with van der Waals surface area (Å²) in [4.78, 5) is 35.9. The quantitative estimate of drug-likeness (QED) is 0.510. The van der Waals surface area contributed by atoms with Crippen LogP contribution in [0, 0.1) is 23.7 Å². The Morgan fingerprint density at radius 2 is 1.58 bits per heavy atom. The van der Waals surface area contributed by atoms with E-state index in [9.17, 15) is 19.5 Å². The van der Waals surface area contributed by atoms with Crippen molar-refractivity contribution in [3.8, 4) is 0 Å². The Morgan fingerprint density at radius 3 is 2.04 bits per heavy atom. The highest BCUT2D eigenvalue weighted by atomic mass is 16.5. The summed E-state index contributed by atoms with van der Waals surface area (Å²) in [6, 6.07) is -1.30. The summed E-state index contributed by atoms with van der Waals surface area (Å²) in [5, 5.41) is 11.8. The molecule has 0 aromatic carbocycles. The second-order valence-electron chi connectivity index (χ2n) is 7.47. The van der Waals surface area contributed by atoms with Crippen LogP contribution >= 0.6 is 0 Å². The molecule has 2 N–H and O–H groups in total. The van der Waals surface area contributed by atoms with Crippen molar-refractivity contribution in [1.82, 2.24) is 5.32 Å². The summed E-state index contributed by atoms with van der Waals surface area (Å²) in [6.45, 7) is 13.5. The molecule has 0 radical (unpaired) electrons. The van der Waals surface area contributed by atoms with E-state index in [0.717, 1.165) is 6.42 Å². The first kappa shape index (κ1) is 24.4. The van der Waals surface area contributed by atoms with Gasteiger partial charge in [0.2, 0.25) is 5.91 Å². The van der Waals surface area contributed by atoms with E-state index in [1.807, 2.05) is 27.7 Å². The van der Waals surface area contributed by atoms with Crippen LogP contribution in [0.25, 0.3) is 0 Å². The third-order valence-corrected chi connectivity index (χ3v) is 4.47. The fourth-order valence-electron chi connectivity index (χ4n) is 2.18. The lowest BCUT2D eigenvalue weighted by molar-refractivity contribution is -0.160. The summed E-state index contributed by atoms with van der Waals surface area (Å²) in [5.41, 5.74) is 0. The van der Waals surface area contributed by atoms with Crippen molar-refractivity contribution in [2.24, 2.45) is 23.7 Å². The predicted octanol–water partition coefficient (Wildman–Crippen LogP) is 2.48. The molecule has 0 rings (SSSR count). The molecule has 152 valence electrons. The molecule has 0 aliphatic heterocycles. The van der Waals surface area contributed by atoms with E-state index in [1.165, 1.54) is 6.92 Å². The van der Waals surface area contributed by atoms with Crippen molar-refractivity contribution in [3.05, 3.63) is 0 Å². The number of ether oxygens (including phenoxy) is 2. The summed E-state index contributed by atoms with van der Waals surface area (Å²) >= 11 is 0. The van der Waals surface area contributed by atoms with Crippen LogP contribution in [0.2, 0.25) is 0 Å². The number of esters is 1. The number of rotatable bonds is 12. The van der Waals surface area contributed by atoms with E-state index >= 15 is 0 Å². The van der Waals surface area contributed by atoms with Crippen LogP contribution in [0.5, 0.6) is 0 Å². The topological polar surface area (TPSA) is 102 Å². The van der Waals surface area contributed by atoms with E-state index in [2.05, 4.69) is 5.32 Å². The Bertz CT molecular complexity index is 465. The minimum atomic E-state index is -1.30. The number of amides is 1. The summed E-state index contributed by atoms with van der Waals surface area (Å²) in [5.74, 6) is -2.51. The van der Waals surface area contributed by atoms with E-state index in [0.29, 0.717) is 12.5 Å². The van der Waals surface area contributed by atoms with Gasteiger partial charge in [-0.1, -0.05) is 48.0 Å². The van der Waals surface area contributed by atoms with E-state index in [1.54, 1.807) is 13.8 Å². The van der Waals surface area contributed by atoms with Gasteiger partial charge in [-0.25, -0.2) is 4.79 Å². The van der Waals surface area contributed by atoms with Crippen LogP contribution in [0.3, 0.4) is 0 Å². The average Bonchev–Trinajstić information content (AvgIpc) is 2.56. The van der Waals surface area contributed by atoms with Crippen LogP contribution in [-0.4, -0.2) is 48.3 Å². The zero-order valence-corrected chi connectivity index (χ0v) is 17.1. The summed E-state index contributed by atoms with van der Waals surface area (Å²) in [6.07, 6.45) is -0.156. The first-order valence-electron chi connectivity index (χ1n) is 9.32. The second-order valence-corrected chi connectivity index (χ2v) is 7.47. The number of carboxylic acid groups (broad SMARTS) is 1. The molecule has 0 spiro atoms. The number of carbonyl (C=O) groups is 3. The maximum atomic E-state index is 12.2. The highest BCUT2D eigenvalue weighted by molar-refractivity contribution is 5.85. The Labute approximate surface area is 156 Å². The molecular formula is C19H35NO6. The molecule has 0 bridgehead atoms. The van der Waals surface area contributed by atoms with Gasteiger partial charge in [-0.05, 0) is 18.8 Å². The molecule has 0 unspecified atom stereocenters. The SMILES string of the molecule is CC[C@H](C)[C@H](C)C(=O)O[C@@H](C)[C@@H](NC(=O)[C@@H](C)COCC(C)C)C(=O)O. The summed E-state index contributed by atoms with van der Waals surface area (Å²) in [7, 11) is 0. The zero-order valence-electron chi connectivity index (χ0n) is 17.1. The second kappa shape index (κ2) is 11.9. The van der Waals surface area contributed by atoms with Crippen LogP contribution in [0.1, 0.15) is 54.9 Å². The molecule has 1 amide bonds. The molecule has 7 nitrogen and oxygen atoms in total. The standard InChI is InChI=1S/C19H35NO6/c1-8-12(4)14(6)19(24)26-15(7)16(18(22)23)20-17(21)13(5)10-25-9-11(2)3/h11-16H,8-10H2,1-7H3,(H,20,21)(H,22,23)/t12-,13-,14-,15-,16+/m0/s1. The predicted molar refractivity (Wildman–Crippen MR) is 98.6 cm³/mol. The normalized spacial score (nSPS) is 17.1. The van der Waals surface area contributed by atoms with Crippen molar-refractivity contribution >= 4 is 17.8 Å². The van der Waals surface area contributed by atoms with Crippen molar-refractivity contribution < 1.29 is 29.0 Å². The Kier molecular flexibility index (Phi) is 11.1. The largest absolute Gasteiger partial charge is 0.480 e. The molecular weight excluding hydrogens is 338 g/mol. The third kappa shape index (κ3) is 8.65. The van der Waals surface area contributed by atoms with Gasteiger partial charge in [0, 0.05) is 6.61 Å². The van der Waals surface area contributed by atoms with Crippen LogP contribution in [0.15, 0.2) is 0 Å². The molecule has 5 atom stereocenters. The highest BCUT2D eigenvalue weighted by Gasteiger charge is 2.32. The number of hydrogen-bond acceptors (Lipinski definition) is 5. The van der Waals surface area contributed by atoms with Crippen molar-refractivity contribution in [3.63, 3.8) is 0 Å². The smallest absolute Gasteiger partial charge is 0.330 e. The molecule has 0 aromatic rings. The van der Waals surface area contributed by atoms with Crippen LogP contribution in [-0.2, 0) is 23.9 Å². The van der Waals surface area contributed by atoms with Crippen molar-refractivity contribution in [1.29, 1.82) is 0 Å². The Balaban J connectivity index is 4.74. The van der Waals surface area contributed by atoms with Gasteiger partial charge in [0.05, 0.1) is 18.4 Å². The Morgan fingerprint density at radius 1 is 1.00 bits per heavy atom. The van der Waals surface area contributed by atoms with Gasteiger partial charge in [-0.15, -0.1) is 0 Å². The molecule has 0 aliphatic carbocycles. The van der Waals surface area contributed by atoms with E-state index in [4.69, 9.17) is 9.47 Å². The van der Waals surface area contributed by atoms with Gasteiger partial charge in [0.15, 0.2) is 6.04 Å². The van der Waals surface area contributed by atoms with Gasteiger partial charge >= 0.3 is 11.9 Å². The number of hydrogen-bond donors (Lipinski definition) is 2. The van der Waals surface area contributed by atoms with Crippen LogP contribution < -0.4 is 5.32 Å². The van der Waals surface area contributed by atoms with Crippen LogP contribution in [0.4, 0.5) is 0 Å². The van der Waals surface area contributed by atoms with Crippen molar-refractivity contribution in [2.75, 3.05) is 13.2 Å². The molecule has 0 aliphatic rings. The zero-order chi connectivity index (χ0) is 20.4. The molecule has 0 fully saturated rings. The molecule has 0 heterocycles. The maximum Gasteiger partial charge on any atom is 0.330 e. The third-order valence-electron chi connectivity index (χ3n) is 4.47. The molecule has 0 saturated carbocycles. The minimum Gasteiger partial charge on any atom is -0.480 e. The maximum absolute atomic E-state index is 12.2. The lowest BCUT2D eigenvalue weighted by Crippen LogP contribution is -2.51. The van der Waals surface area contributed by atoms with Gasteiger partial charge < -0.3 is 19.9 Å². The molecule has 0 saturated heterocycles. The van der Waals surface area contributed by atoms with Gasteiger partial charge in [-0.3, -0.25) is 9.59 Å². The first-order valence-corrected chi connectivity index (χ1v) is 9.32. The number of aliphatic carboxylic acids is 1. The van der Waals surface area contributed by atoms with E-state index in [-0.39, 0.29) is 18.4 Å². The van der Waals surface area contributed by atoms with E-state index < -0.39 is 35.9 Å². The summed E-state index contributed by atoms with van der Waals surface area (Å²) < 4.78 is 10.7. The monoisotopic (exact) mass is 373 g/mol. The fourth-order valence-corrected chi connectivity index (χ4v) is 2.18. The van der Waals surface area contributed by atoms with Gasteiger partial charge in [0.1, 0.15) is 6.10 Å². The highest BCUT2D eigenvalue weighted by Crippen LogP contribution is 2.17. The van der Waals surface area contributed by atoms with Gasteiger partial charge in [0.25, 0.3) is 0 Å².